The number of aryl methyl sites for hydroxylation is 1. The molecule has 0 bridgehead atoms. The number of nitrogens with one attached hydrogen (secondary N) is 2. The Morgan fingerprint density at radius 2 is 2.15 bits per heavy atom. The van der Waals surface area contributed by atoms with E-state index in [4.69, 9.17) is 11.6 Å². The topological polar surface area (TPSA) is 57.8 Å². The van der Waals surface area contributed by atoms with Crippen LogP contribution in [-0.2, 0) is 0 Å². The third-order valence-corrected chi connectivity index (χ3v) is 3.30. The molecule has 0 aliphatic rings. The summed E-state index contributed by atoms with van der Waals surface area (Å²) in [6, 6.07) is 10.9. The second-order valence-corrected chi connectivity index (χ2v) is 4.97. The van der Waals surface area contributed by atoms with E-state index in [1.807, 2.05) is 31.2 Å². The van der Waals surface area contributed by atoms with Crippen LogP contribution in [0.1, 0.15) is 16.1 Å². The molecule has 3 rings (SSSR count). The zero-order valence-corrected chi connectivity index (χ0v) is 11.5. The number of hydrogen-bond donors (Lipinski definition) is 2. The van der Waals surface area contributed by atoms with Crippen LogP contribution >= 0.6 is 11.6 Å². The fourth-order valence-corrected chi connectivity index (χ4v) is 2.20. The molecule has 0 aliphatic heterocycles. The van der Waals surface area contributed by atoms with E-state index in [2.05, 4.69) is 15.3 Å². The molecule has 2 aromatic heterocycles. The number of halogens is 1. The van der Waals surface area contributed by atoms with Crippen LogP contribution in [0, 0.1) is 6.92 Å². The van der Waals surface area contributed by atoms with E-state index >= 15 is 0 Å². The number of aromatic amines is 1. The minimum absolute atomic E-state index is 0.223. The molecule has 0 spiro atoms. The van der Waals surface area contributed by atoms with Crippen molar-refractivity contribution >= 4 is 34.2 Å². The van der Waals surface area contributed by atoms with Gasteiger partial charge in [0.1, 0.15) is 11.5 Å². The smallest absolute Gasteiger partial charge is 0.273 e. The van der Waals surface area contributed by atoms with Crippen LogP contribution in [0.15, 0.2) is 42.6 Å². The molecule has 100 valence electrons. The molecule has 5 heteroatoms. The van der Waals surface area contributed by atoms with Gasteiger partial charge in [-0.25, -0.2) is 4.98 Å². The Bertz CT molecular complexity index is 795. The van der Waals surface area contributed by atoms with Crippen molar-refractivity contribution in [1.29, 1.82) is 0 Å². The van der Waals surface area contributed by atoms with E-state index in [0.29, 0.717) is 16.5 Å². The number of hydrogen-bond acceptors (Lipinski definition) is 2. The molecule has 4 nitrogen and oxygen atoms in total. The molecule has 20 heavy (non-hydrogen) atoms. The molecular weight excluding hydrogens is 274 g/mol. The lowest BCUT2D eigenvalue weighted by Gasteiger charge is -2.05. The number of anilines is 1. The number of carbonyl (C=O) groups excluding carboxylic acids is 1. The highest BCUT2D eigenvalue weighted by atomic mass is 35.5. The van der Waals surface area contributed by atoms with E-state index in [-0.39, 0.29) is 5.91 Å². The number of fused-ring (bicyclic) bond motifs is 1. The Balaban J connectivity index is 1.91. The first-order valence-electron chi connectivity index (χ1n) is 6.15. The van der Waals surface area contributed by atoms with E-state index in [1.165, 1.54) is 0 Å². The van der Waals surface area contributed by atoms with Crippen molar-refractivity contribution < 1.29 is 4.79 Å². The van der Waals surface area contributed by atoms with E-state index in [9.17, 15) is 4.79 Å². The number of benzene rings is 1. The monoisotopic (exact) mass is 285 g/mol. The van der Waals surface area contributed by atoms with E-state index in [1.54, 1.807) is 18.3 Å². The Labute approximate surface area is 120 Å². The molecule has 2 heterocycles. The van der Waals surface area contributed by atoms with Gasteiger partial charge in [0.05, 0.1) is 0 Å². The Morgan fingerprint density at radius 1 is 1.30 bits per heavy atom. The zero-order chi connectivity index (χ0) is 14.1. The highest BCUT2D eigenvalue weighted by molar-refractivity contribution is 6.31. The Hall–Kier alpha value is -2.33. The molecule has 1 aromatic carbocycles. The first-order chi connectivity index (χ1) is 9.63. The maximum Gasteiger partial charge on any atom is 0.273 e. The largest absolute Gasteiger partial charge is 0.351 e. The maximum atomic E-state index is 12.2. The molecule has 2 N–H and O–H groups in total. The fraction of sp³-hybridized carbons (Fsp3) is 0.0667. The summed E-state index contributed by atoms with van der Waals surface area (Å²) in [5, 5.41) is 4.33. The van der Waals surface area contributed by atoms with Gasteiger partial charge in [-0.1, -0.05) is 17.7 Å². The predicted molar refractivity (Wildman–Crippen MR) is 80.2 cm³/mol. The van der Waals surface area contributed by atoms with Crippen LogP contribution in [0.4, 0.5) is 5.82 Å². The van der Waals surface area contributed by atoms with Gasteiger partial charge in [-0.15, -0.1) is 0 Å². The second kappa shape index (κ2) is 4.98. The van der Waals surface area contributed by atoms with Crippen LogP contribution in [0.25, 0.3) is 10.9 Å². The summed E-state index contributed by atoms with van der Waals surface area (Å²) >= 11 is 5.93. The molecule has 0 radical (unpaired) electrons. The first kappa shape index (κ1) is 12.7. The van der Waals surface area contributed by atoms with Gasteiger partial charge >= 0.3 is 0 Å². The van der Waals surface area contributed by atoms with Gasteiger partial charge in [-0.3, -0.25) is 4.79 Å². The molecule has 3 aromatic rings. The average Bonchev–Trinajstić information content (AvgIpc) is 2.84. The minimum Gasteiger partial charge on any atom is -0.351 e. The third-order valence-electron chi connectivity index (χ3n) is 3.07. The van der Waals surface area contributed by atoms with E-state index < -0.39 is 0 Å². The summed E-state index contributed by atoms with van der Waals surface area (Å²) in [6.07, 6.45) is 1.65. The highest BCUT2D eigenvalue weighted by Gasteiger charge is 2.11. The number of pyridine rings is 1. The van der Waals surface area contributed by atoms with Crippen LogP contribution < -0.4 is 5.32 Å². The number of nitrogens with zero attached hydrogens (tertiary/aromatic N) is 1. The SMILES string of the molecule is Cc1cccnc1NC(=O)c1cc2cc(Cl)ccc2[nH]1. The molecule has 0 saturated carbocycles. The summed E-state index contributed by atoms with van der Waals surface area (Å²) in [4.78, 5) is 19.4. The second-order valence-electron chi connectivity index (χ2n) is 4.54. The van der Waals surface area contributed by atoms with Crippen molar-refractivity contribution in [2.24, 2.45) is 0 Å². The highest BCUT2D eigenvalue weighted by Crippen LogP contribution is 2.20. The van der Waals surface area contributed by atoms with Crippen LogP contribution in [0.3, 0.4) is 0 Å². The first-order valence-corrected chi connectivity index (χ1v) is 6.52. The van der Waals surface area contributed by atoms with Gasteiger partial charge in [-0.2, -0.15) is 0 Å². The van der Waals surface area contributed by atoms with Gasteiger partial charge in [0, 0.05) is 22.1 Å². The van der Waals surface area contributed by atoms with Crippen molar-refractivity contribution in [3.05, 3.63) is 58.9 Å². The van der Waals surface area contributed by atoms with Crippen LogP contribution in [0.5, 0.6) is 0 Å². The predicted octanol–water partition coefficient (Wildman–Crippen LogP) is 3.78. The molecule has 0 saturated heterocycles. The van der Waals surface area contributed by atoms with Gasteiger partial charge in [-0.05, 0) is 42.8 Å². The average molecular weight is 286 g/mol. The molecule has 0 atom stereocenters. The minimum atomic E-state index is -0.223. The molecular formula is C15H12ClN3O. The lowest BCUT2D eigenvalue weighted by Crippen LogP contribution is -2.14. The van der Waals surface area contributed by atoms with Crippen molar-refractivity contribution in [1.82, 2.24) is 9.97 Å². The lowest BCUT2D eigenvalue weighted by molar-refractivity contribution is 0.102. The Morgan fingerprint density at radius 3 is 2.95 bits per heavy atom. The normalized spacial score (nSPS) is 10.7. The standard InChI is InChI=1S/C15H12ClN3O/c1-9-3-2-6-17-14(9)19-15(20)13-8-10-7-11(16)4-5-12(10)18-13/h2-8,18H,1H3,(H,17,19,20). The van der Waals surface area contributed by atoms with Crippen molar-refractivity contribution in [3.63, 3.8) is 0 Å². The number of H-pyrrole nitrogens is 1. The number of aromatic nitrogens is 2. The summed E-state index contributed by atoms with van der Waals surface area (Å²) in [6.45, 7) is 1.90. The lowest BCUT2D eigenvalue weighted by atomic mass is 10.2. The quantitative estimate of drug-likeness (QED) is 0.753. The van der Waals surface area contributed by atoms with Crippen molar-refractivity contribution in [3.8, 4) is 0 Å². The van der Waals surface area contributed by atoms with Crippen LogP contribution in [0.2, 0.25) is 5.02 Å². The summed E-state index contributed by atoms with van der Waals surface area (Å²) in [5.41, 5.74) is 2.27. The number of rotatable bonds is 2. The van der Waals surface area contributed by atoms with Gasteiger partial charge in [0.15, 0.2) is 0 Å². The summed E-state index contributed by atoms with van der Waals surface area (Å²) in [7, 11) is 0. The molecule has 0 fully saturated rings. The third kappa shape index (κ3) is 2.38. The van der Waals surface area contributed by atoms with Gasteiger partial charge in [0.2, 0.25) is 0 Å². The molecule has 1 amide bonds. The van der Waals surface area contributed by atoms with Crippen molar-refractivity contribution in [2.45, 2.75) is 6.92 Å². The molecule has 0 unspecified atom stereocenters. The zero-order valence-electron chi connectivity index (χ0n) is 10.8. The number of carbonyl (C=O) groups is 1. The maximum absolute atomic E-state index is 12.2. The molecule has 0 aliphatic carbocycles. The van der Waals surface area contributed by atoms with Gasteiger partial charge < -0.3 is 10.3 Å². The van der Waals surface area contributed by atoms with Gasteiger partial charge in [0.25, 0.3) is 5.91 Å². The number of amides is 1. The Kier molecular flexibility index (Phi) is 3.16. The summed E-state index contributed by atoms with van der Waals surface area (Å²) < 4.78 is 0. The fourth-order valence-electron chi connectivity index (χ4n) is 2.02. The summed E-state index contributed by atoms with van der Waals surface area (Å²) in [5.74, 6) is 0.341. The van der Waals surface area contributed by atoms with E-state index in [0.717, 1.165) is 16.5 Å². The van der Waals surface area contributed by atoms with Crippen molar-refractivity contribution in [2.75, 3.05) is 5.32 Å². The van der Waals surface area contributed by atoms with Crippen LogP contribution in [-0.4, -0.2) is 15.9 Å².